The zero-order valence-electron chi connectivity index (χ0n) is 13.1. The van der Waals surface area contributed by atoms with Crippen molar-refractivity contribution in [3.63, 3.8) is 0 Å². The van der Waals surface area contributed by atoms with Crippen LogP contribution in [0.4, 0.5) is 0 Å². The Morgan fingerprint density at radius 1 is 1.50 bits per heavy atom. The van der Waals surface area contributed by atoms with Gasteiger partial charge in [-0.25, -0.2) is 4.79 Å². The maximum absolute atomic E-state index is 12.5. The first-order chi connectivity index (χ1) is 11.3. The average molecular weight is 430 g/mol. The number of rotatable bonds is 6. The molecule has 0 aromatic heterocycles. The lowest BCUT2D eigenvalue weighted by molar-refractivity contribution is -0.139. The third-order valence-electron chi connectivity index (χ3n) is 3.03. The molecular weight excluding hydrogens is 414 g/mol. The van der Waals surface area contributed by atoms with Crippen LogP contribution in [-0.2, 0) is 9.59 Å². The van der Waals surface area contributed by atoms with Crippen LogP contribution in [0.5, 0.6) is 5.75 Å². The van der Waals surface area contributed by atoms with E-state index in [0.717, 1.165) is 4.47 Å². The number of aliphatic carboxylic acids is 1. The van der Waals surface area contributed by atoms with Crippen LogP contribution in [0.25, 0.3) is 6.08 Å². The van der Waals surface area contributed by atoms with Crippen LogP contribution in [0.15, 0.2) is 27.6 Å². The minimum atomic E-state index is -1.06. The summed E-state index contributed by atoms with van der Waals surface area (Å²) in [6.45, 7) is 4.17. The van der Waals surface area contributed by atoms with Gasteiger partial charge in [-0.05, 0) is 30.2 Å². The Morgan fingerprint density at radius 2 is 2.21 bits per heavy atom. The molecule has 8 heteroatoms. The summed E-state index contributed by atoms with van der Waals surface area (Å²) in [5.74, 6) is -0.489. The molecule has 1 aliphatic heterocycles. The Kier molecular flexibility index (Phi) is 6.42. The number of carboxylic acid groups (broad SMARTS) is 1. The summed E-state index contributed by atoms with van der Waals surface area (Å²) in [5.41, 5.74) is 0.621. The van der Waals surface area contributed by atoms with E-state index in [4.69, 9.17) is 22.1 Å². The first-order valence-corrected chi connectivity index (χ1v) is 9.19. The largest absolute Gasteiger partial charge is 0.481 e. The number of ether oxygens (including phenoxy) is 1. The van der Waals surface area contributed by atoms with Gasteiger partial charge in [0.05, 0.1) is 4.91 Å². The van der Waals surface area contributed by atoms with Crippen molar-refractivity contribution in [3.05, 3.63) is 33.1 Å². The van der Waals surface area contributed by atoms with Crippen LogP contribution in [-0.4, -0.2) is 39.4 Å². The van der Waals surface area contributed by atoms with E-state index in [1.54, 1.807) is 29.2 Å². The fourth-order valence-electron chi connectivity index (χ4n) is 2.07. The van der Waals surface area contributed by atoms with Gasteiger partial charge in [-0.3, -0.25) is 9.69 Å². The van der Waals surface area contributed by atoms with Crippen molar-refractivity contribution in [2.75, 3.05) is 13.2 Å². The van der Waals surface area contributed by atoms with Gasteiger partial charge in [0.2, 0.25) is 0 Å². The Bertz CT molecular complexity index is 718. The van der Waals surface area contributed by atoms with Crippen molar-refractivity contribution in [2.24, 2.45) is 5.92 Å². The predicted octanol–water partition coefficient (Wildman–Crippen LogP) is 3.77. The highest BCUT2D eigenvalue weighted by Gasteiger charge is 2.32. The molecule has 1 aromatic carbocycles. The lowest BCUT2D eigenvalue weighted by Gasteiger charge is -2.16. The standard InChI is InChI=1S/C16H16BrNO4S2/c1-9(2)7-18-15(21)13(24-16(18)23)6-10-5-11(17)3-4-12(10)22-8-14(19)20/h3-6,9H,7-8H2,1-2H3,(H,19,20)/b13-6-. The fourth-order valence-corrected chi connectivity index (χ4v) is 3.71. The topological polar surface area (TPSA) is 66.8 Å². The molecule has 1 amide bonds. The van der Waals surface area contributed by atoms with Crippen molar-refractivity contribution < 1.29 is 19.4 Å². The molecule has 0 saturated carbocycles. The highest BCUT2D eigenvalue weighted by atomic mass is 79.9. The lowest BCUT2D eigenvalue weighted by atomic mass is 10.1. The van der Waals surface area contributed by atoms with E-state index < -0.39 is 12.6 Å². The summed E-state index contributed by atoms with van der Waals surface area (Å²) in [6.07, 6.45) is 1.68. The number of amides is 1. The number of carbonyl (C=O) groups is 2. The number of halogens is 1. The normalized spacial score (nSPS) is 16.3. The monoisotopic (exact) mass is 429 g/mol. The Hall–Kier alpha value is -1.38. The molecule has 128 valence electrons. The molecule has 0 atom stereocenters. The first kappa shape index (κ1) is 19.0. The Morgan fingerprint density at radius 3 is 2.83 bits per heavy atom. The maximum Gasteiger partial charge on any atom is 0.341 e. The number of benzene rings is 1. The molecule has 1 saturated heterocycles. The Labute approximate surface area is 158 Å². The van der Waals surface area contributed by atoms with Crippen LogP contribution in [0.1, 0.15) is 19.4 Å². The number of hydrogen-bond acceptors (Lipinski definition) is 5. The second-order valence-electron chi connectivity index (χ2n) is 5.55. The molecule has 2 rings (SSSR count). The van der Waals surface area contributed by atoms with Crippen molar-refractivity contribution in [3.8, 4) is 5.75 Å². The lowest BCUT2D eigenvalue weighted by Crippen LogP contribution is -2.31. The van der Waals surface area contributed by atoms with Gasteiger partial charge in [-0.1, -0.05) is 53.8 Å². The number of carboxylic acids is 1. The highest BCUT2D eigenvalue weighted by molar-refractivity contribution is 9.10. The SMILES string of the molecule is CC(C)CN1C(=O)/C(=C/c2cc(Br)ccc2OCC(=O)O)SC1=S. The molecule has 0 aliphatic carbocycles. The van der Waals surface area contributed by atoms with Crippen LogP contribution < -0.4 is 4.74 Å². The summed E-state index contributed by atoms with van der Waals surface area (Å²) < 4.78 is 6.62. The minimum absolute atomic E-state index is 0.136. The summed E-state index contributed by atoms with van der Waals surface area (Å²) in [5, 5.41) is 8.77. The second kappa shape index (κ2) is 8.13. The molecule has 1 aromatic rings. The van der Waals surface area contributed by atoms with Crippen molar-refractivity contribution >= 4 is 62.2 Å². The van der Waals surface area contributed by atoms with E-state index in [-0.39, 0.29) is 5.91 Å². The fraction of sp³-hybridized carbons (Fsp3) is 0.312. The molecule has 0 unspecified atom stereocenters. The van der Waals surface area contributed by atoms with Gasteiger partial charge in [0.15, 0.2) is 6.61 Å². The van der Waals surface area contributed by atoms with E-state index in [2.05, 4.69) is 15.9 Å². The number of hydrogen-bond donors (Lipinski definition) is 1. The van der Waals surface area contributed by atoms with Gasteiger partial charge in [-0.2, -0.15) is 0 Å². The predicted molar refractivity (Wildman–Crippen MR) is 102 cm³/mol. The summed E-state index contributed by atoms with van der Waals surface area (Å²) in [4.78, 5) is 25.3. The average Bonchev–Trinajstić information content (AvgIpc) is 2.73. The molecule has 1 heterocycles. The van der Waals surface area contributed by atoms with E-state index in [9.17, 15) is 9.59 Å². The summed E-state index contributed by atoms with van der Waals surface area (Å²) in [6, 6.07) is 5.18. The van der Waals surface area contributed by atoms with Crippen LogP contribution >= 0.6 is 39.9 Å². The zero-order valence-corrected chi connectivity index (χ0v) is 16.3. The van der Waals surface area contributed by atoms with Gasteiger partial charge < -0.3 is 9.84 Å². The van der Waals surface area contributed by atoms with Gasteiger partial charge in [-0.15, -0.1) is 0 Å². The molecule has 1 N–H and O–H groups in total. The second-order valence-corrected chi connectivity index (χ2v) is 8.14. The molecule has 1 fully saturated rings. The van der Waals surface area contributed by atoms with Crippen molar-refractivity contribution in [1.82, 2.24) is 4.90 Å². The number of carbonyl (C=O) groups excluding carboxylic acids is 1. The van der Waals surface area contributed by atoms with E-state index in [1.165, 1.54) is 11.8 Å². The first-order valence-electron chi connectivity index (χ1n) is 7.17. The third-order valence-corrected chi connectivity index (χ3v) is 4.90. The Balaban J connectivity index is 2.30. The minimum Gasteiger partial charge on any atom is -0.481 e. The highest BCUT2D eigenvalue weighted by Crippen LogP contribution is 2.35. The van der Waals surface area contributed by atoms with Crippen LogP contribution in [0.2, 0.25) is 0 Å². The molecular formula is C16H16BrNO4S2. The smallest absolute Gasteiger partial charge is 0.341 e. The quantitative estimate of drug-likeness (QED) is 0.548. The molecule has 24 heavy (non-hydrogen) atoms. The number of thioether (sulfide) groups is 1. The zero-order chi connectivity index (χ0) is 17.9. The molecule has 0 spiro atoms. The molecule has 1 aliphatic rings. The van der Waals surface area contributed by atoms with E-state index in [0.29, 0.717) is 33.0 Å². The van der Waals surface area contributed by atoms with Gasteiger partial charge in [0.1, 0.15) is 10.1 Å². The number of thiocarbonyl (C=S) groups is 1. The molecule has 0 bridgehead atoms. The van der Waals surface area contributed by atoms with Gasteiger partial charge in [0.25, 0.3) is 5.91 Å². The third kappa shape index (κ3) is 4.81. The van der Waals surface area contributed by atoms with Crippen LogP contribution in [0, 0.1) is 5.92 Å². The summed E-state index contributed by atoms with van der Waals surface area (Å²) in [7, 11) is 0. The van der Waals surface area contributed by atoms with Gasteiger partial charge >= 0.3 is 5.97 Å². The molecule has 0 radical (unpaired) electrons. The van der Waals surface area contributed by atoms with Crippen molar-refractivity contribution in [2.45, 2.75) is 13.8 Å². The number of nitrogens with zero attached hydrogens (tertiary/aromatic N) is 1. The summed E-state index contributed by atoms with van der Waals surface area (Å²) >= 11 is 9.89. The maximum atomic E-state index is 12.5. The van der Waals surface area contributed by atoms with Gasteiger partial charge in [0, 0.05) is 16.6 Å². The van der Waals surface area contributed by atoms with Crippen molar-refractivity contribution in [1.29, 1.82) is 0 Å². The van der Waals surface area contributed by atoms with E-state index >= 15 is 0 Å². The van der Waals surface area contributed by atoms with Crippen LogP contribution in [0.3, 0.4) is 0 Å². The molecule has 5 nitrogen and oxygen atoms in total. The van der Waals surface area contributed by atoms with E-state index in [1.807, 2.05) is 13.8 Å².